The first-order valence-corrected chi connectivity index (χ1v) is 11.6. The number of fused-ring (bicyclic) bond motifs is 1. The van der Waals surface area contributed by atoms with Gasteiger partial charge in [-0.2, -0.15) is 0 Å². The summed E-state index contributed by atoms with van der Waals surface area (Å²) in [5.74, 6) is -0.0935. The highest BCUT2D eigenvalue weighted by Crippen LogP contribution is 2.38. The van der Waals surface area contributed by atoms with Crippen LogP contribution in [0.5, 0.6) is 0 Å². The van der Waals surface area contributed by atoms with Crippen LogP contribution in [0, 0.1) is 0 Å². The van der Waals surface area contributed by atoms with E-state index in [1.54, 1.807) is 14.2 Å². The summed E-state index contributed by atoms with van der Waals surface area (Å²) in [6.07, 6.45) is 4.02. The molecule has 2 amide bonds. The van der Waals surface area contributed by atoms with Crippen molar-refractivity contribution in [1.29, 1.82) is 0 Å². The van der Waals surface area contributed by atoms with Crippen LogP contribution in [-0.2, 0) is 22.4 Å². The number of rotatable bonds is 9. The second-order valence-electron chi connectivity index (χ2n) is 6.12. The quantitative estimate of drug-likeness (QED) is 0.406. The van der Waals surface area contributed by atoms with Crippen molar-refractivity contribution in [3.8, 4) is 0 Å². The molecule has 2 aromatic rings. The van der Waals surface area contributed by atoms with Crippen molar-refractivity contribution in [3.05, 3.63) is 16.0 Å². The number of ether oxygens (including phenoxy) is 1. The second kappa shape index (κ2) is 10.2. The number of amides is 2. The van der Waals surface area contributed by atoms with E-state index in [1.165, 1.54) is 39.3 Å². The largest absolute Gasteiger partial charge is 0.383 e. The van der Waals surface area contributed by atoms with Crippen molar-refractivity contribution >= 4 is 56.4 Å². The van der Waals surface area contributed by atoms with Gasteiger partial charge in [0, 0.05) is 25.6 Å². The fraction of sp³-hybridized carbons (Fsp3) is 0.529. The second-order valence-corrected chi connectivity index (χ2v) is 9.43. The molecule has 0 unspecified atom stereocenters. The molecule has 152 valence electrons. The lowest BCUT2D eigenvalue weighted by Crippen LogP contribution is -2.29. The molecule has 0 radical (unpaired) electrons. The zero-order valence-corrected chi connectivity index (χ0v) is 18.2. The molecule has 2 heterocycles. The topological polar surface area (TPSA) is 105 Å². The summed E-state index contributed by atoms with van der Waals surface area (Å²) in [6, 6.07) is 0. The minimum absolute atomic E-state index is 0.151. The van der Waals surface area contributed by atoms with Crippen LogP contribution in [0.4, 0.5) is 10.1 Å². The predicted molar refractivity (Wildman–Crippen MR) is 114 cm³/mol. The van der Waals surface area contributed by atoms with E-state index in [2.05, 4.69) is 26.1 Å². The van der Waals surface area contributed by atoms with Crippen LogP contribution in [0.25, 0.3) is 0 Å². The molecule has 0 atom stereocenters. The van der Waals surface area contributed by atoms with Gasteiger partial charge in [0.2, 0.25) is 11.0 Å². The number of nitrogens with zero attached hydrogens (tertiary/aromatic N) is 2. The van der Waals surface area contributed by atoms with Crippen molar-refractivity contribution in [2.75, 3.05) is 43.7 Å². The molecule has 2 aromatic heterocycles. The van der Waals surface area contributed by atoms with Crippen LogP contribution >= 0.6 is 34.4 Å². The van der Waals surface area contributed by atoms with Crippen molar-refractivity contribution < 1.29 is 14.3 Å². The van der Waals surface area contributed by atoms with Crippen LogP contribution in [0.15, 0.2) is 4.34 Å². The van der Waals surface area contributed by atoms with Crippen molar-refractivity contribution in [3.63, 3.8) is 0 Å². The third-order valence-corrected chi connectivity index (χ3v) is 7.47. The maximum absolute atomic E-state index is 12.7. The Hall–Kier alpha value is -1.69. The Morgan fingerprint density at radius 1 is 1.21 bits per heavy atom. The van der Waals surface area contributed by atoms with E-state index in [4.69, 9.17) is 4.74 Å². The molecule has 3 rings (SSSR count). The van der Waals surface area contributed by atoms with Gasteiger partial charge in [-0.25, -0.2) is 0 Å². The van der Waals surface area contributed by atoms with Gasteiger partial charge in [0.25, 0.3) is 5.91 Å². The fourth-order valence-electron chi connectivity index (χ4n) is 2.91. The van der Waals surface area contributed by atoms with Gasteiger partial charge in [0.05, 0.1) is 17.9 Å². The number of thiophene rings is 1. The van der Waals surface area contributed by atoms with Crippen molar-refractivity contribution in [1.82, 2.24) is 15.5 Å². The first-order valence-electron chi connectivity index (χ1n) is 8.98. The number of nitrogens with one attached hydrogen (secondary N) is 3. The number of methoxy groups -OCH3 is 1. The number of thioether (sulfide) groups is 1. The third kappa shape index (κ3) is 5.22. The number of hydrogen-bond acceptors (Lipinski definition) is 9. The van der Waals surface area contributed by atoms with E-state index in [-0.39, 0.29) is 17.6 Å². The van der Waals surface area contributed by atoms with E-state index >= 15 is 0 Å². The normalized spacial score (nSPS) is 13.1. The zero-order chi connectivity index (χ0) is 19.9. The molecule has 0 spiro atoms. The van der Waals surface area contributed by atoms with Gasteiger partial charge in [-0.3, -0.25) is 9.59 Å². The Balaban J connectivity index is 1.68. The maximum Gasteiger partial charge on any atom is 0.254 e. The molecule has 0 saturated heterocycles. The van der Waals surface area contributed by atoms with E-state index in [9.17, 15) is 9.59 Å². The van der Waals surface area contributed by atoms with Gasteiger partial charge in [-0.1, -0.05) is 23.1 Å². The Kier molecular flexibility index (Phi) is 7.65. The minimum Gasteiger partial charge on any atom is -0.383 e. The number of carbonyl (C=O) groups is 2. The first kappa shape index (κ1) is 21.0. The first-order chi connectivity index (χ1) is 13.6. The summed E-state index contributed by atoms with van der Waals surface area (Å²) in [5.41, 5.74) is 1.69. The van der Waals surface area contributed by atoms with Crippen LogP contribution < -0.4 is 16.0 Å². The van der Waals surface area contributed by atoms with E-state index in [1.807, 2.05) is 0 Å². The summed E-state index contributed by atoms with van der Waals surface area (Å²) in [4.78, 5) is 26.4. The predicted octanol–water partition coefficient (Wildman–Crippen LogP) is 2.63. The van der Waals surface area contributed by atoms with Crippen LogP contribution in [0.1, 0.15) is 33.6 Å². The van der Waals surface area contributed by atoms with Gasteiger partial charge >= 0.3 is 0 Å². The Morgan fingerprint density at radius 2 is 2.04 bits per heavy atom. The molecule has 0 aliphatic heterocycles. The van der Waals surface area contributed by atoms with Gasteiger partial charge in [-0.15, -0.1) is 21.5 Å². The third-order valence-electron chi connectivity index (χ3n) is 4.19. The maximum atomic E-state index is 12.7. The number of hydrogen-bond donors (Lipinski definition) is 3. The smallest absolute Gasteiger partial charge is 0.254 e. The summed E-state index contributed by atoms with van der Waals surface area (Å²) in [5, 5.41) is 18.1. The van der Waals surface area contributed by atoms with Gasteiger partial charge in [0.15, 0.2) is 4.34 Å². The van der Waals surface area contributed by atoms with E-state index in [0.29, 0.717) is 28.8 Å². The number of aryl methyl sites for hydroxylation is 1. The molecule has 0 saturated carbocycles. The summed E-state index contributed by atoms with van der Waals surface area (Å²) in [6.45, 7) is 0.890. The van der Waals surface area contributed by atoms with Gasteiger partial charge in [0.1, 0.15) is 5.00 Å². The molecule has 8 nitrogen and oxygen atoms in total. The van der Waals surface area contributed by atoms with Gasteiger partial charge in [-0.05, 0) is 31.2 Å². The molecule has 28 heavy (non-hydrogen) atoms. The number of carbonyl (C=O) groups excluding carboxylic acids is 2. The highest BCUT2D eigenvalue weighted by atomic mass is 32.2. The van der Waals surface area contributed by atoms with Crippen LogP contribution in [0.2, 0.25) is 0 Å². The Labute approximate surface area is 175 Å². The monoisotopic (exact) mass is 441 g/mol. The van der Waals surface area contributed by atoms with Crippen molar-refractivity contribution in [2.45, 2.75) is 30.0 Å². The number of anilines is 2. The number of aromatic nitrogens is 2. The molecule has 0 bridgehead atoms. The lowest BCUT2D eigenvalue weighted by Gasteiger charge is -2.13. The Bertz CT molecular complexity index is 836. The lowest BCUT2D eigenvalue weighted by molar-refractivity contribution is -0.113. The average molecular weight is 442 g/mol. The van der Waals surface area contributed by atoms with Crippen molar-refractivity contribution in [2.24, 2.45) is 0 Å². The molecule has 1 aliphatic rings. The molecule has 3 N–H and O–H groups in total. The van der Waals surface area contributed by atoms with Gasteiger partial charge < -0.3 is 20.7 Å². The SMILES string of the molecule is CNc1nnc(SCC(=O)Nc2sc3c(c2C(=O)NCCOC)CCCC3)s1. The molecular formula is C17H23N5O3S3. The van der Waals surface area contributed by atoms with E-state index < -0.39 is 0 Å². The van der Waals surface area contributed by atoms with Crippen LogP contribution in [-0.4, -0.2) is 55.1 Å². The standard InChI is InChI=1S/C17H23N5O3S3/c1-18-16-21-22-17(28-16)26-9-12(23)20-15-13(14(24)19-7-8-25-2)10-5-3-4-6-11(10)27-15/h3-9H2,1-2H3,(H,18,21)(H,19,24)(H,20,23). The summed E-state index contributed by atoms with van der Waals surface area (Å²) in [7, 11) is 3.37. The molecule has 0 fully saturated rings. The average Bonchev–Trinajstić information content (AvgIpc) is 3.30. The lowest BCUT2D eigenvalue weighted by atomic mass is 9.95. The summed E-state index contributed by atoms with van der Waals surface area (Å²) < 4.78 is 5.73. The highest BCUT2D eigenvalue weighted by molar-refractivity contribution is 8.01. The van der Waals surface area contributed by atoms with E-state index in [0.717, 1.165) is 35.6 Å². The fourth-order valence-corrected chi connectivity index (χ4v) is 5.72. The molecule has 1 aliphatic carbocycles. The zero-order valence-electron chi connectivity index (χ0n) is 15.8. The molecule has 0 aromatic carbocycles. The highest BCUT2D eigenvalue weighted by Gasteiger charge is 2.26. The molecule has 11 heteroatoms. The summed E-state index contributed by atoms with van der Waals surface area (Å²) >= 11 is 4.25. The van der Waals surface area contributed by atoms with Crippen LogP contribution in [0.3, 0.4) is 0 Å². The Morgan fingerprint density at radius 3 is 2.79 bits per heavy atom. The minimum atomic E-state index is -0.157. The molecular weight excluding hydrogens is 418 g/mol.